The number of carbonyl (C=O) groups is 1. The summed E-state index contributed by atoms with van der Waals surface area (Å²) in [6.45, 7) is 4.77. The van der Waals surface area contributed by atoms with Crippen molar-refractivity contribution in [2.24, 2.45) is 0 Å². The Morgan fingerprint density at radius 3 is 2.61 bits per heavy atom. The summed E-state index contributed by atoms with van der Waals surface area (Å²) in [5, 5.41) is 3.87. The van der Waals surface area contributed by atoms with E-state index < -0.39 is 0 Å². The van der Waals surface area contributed by atoms with Crippen molar-refractivity contribution in [3.63, 3.8) is 0 Å². The van der Waals surface area contributed by atoms with Crippen molar-refractivity contribution >= 4 is 34.8 Å². The standard InChI is InChI=1S/C18H20Cl2N2O/c1-12-6-4-5-7-14(12)11-22(3)13(2)18(23)21-17-10-15(19)8-9-16(17)20/h4-10,13H,11H2,1-3H3,(H,21,23)/p+1/t13-/m1/s1. The van der Waals surface area contributed by atoms with E-state index in [0.717, 1.165) is 11.4 Å². The fourth-order valence-electron chi connectivity index (χ4n) is 2.32. The summed E-state index contributed by atoms with van der Waals surface area (Å²) >= 11 is 12.0. The van der Waals surface area contributed by atoms with Gasteiger partial charge in [-0.15, -0.1) is 0 Å². The van der Waals surface area contributed by atoms with Crippen molar-refractivity contribution < 1.29 is 9.69 Å². The molecule has 0 fully saturated rings. The topological polar surface area (TPSA) is 33.5 Å². The highest BCUT2D eigenvalue weighted by Crippen LogP contribution is 2.25. The zero-order chi connectivity index (χ0) is 17.0. The first-order valence-corrected chi connectivity index (χ1v) is 8.27. The van der Waals surface area contributed by atoms with Crippen LogP contribution >= 0.6 is 23.2 Å². The molecule has 122 valence electrons. The lowest BCUT2D eigenvalue weighted by Crippen LogP contribution is -3.12. The number of rotatable bonds is 5. The molecule has 5 heteroatoms. The van der Waals surface area contributed by atoms with Gasteiger partial charge in [-0.1, -0.05) is 47.5 Å². The van der Waals surface area contributed by atoms with E-state index in [2.05, 4.69) is 24.4 Å². The SMILES string of the molecule is Cc1ccccc1C[NH+](C)[C@H](C)C(=O)Nc1cc(Cl)ccc1Cl. The predicted octanol–water partition coefficient (Wildman–Crippen LogP) is 3.34. The van der Waals surface area contributed by atoms with E-state index in [1.165, 1.54) is 11.1 Å². The number of aryl methyl sites for hydroxylation is 1. The van der Waals surface area contributed by atoms with Crippen LogP contribution in [0.2, 0.25) is 10.0 Å². The molecular formula is C18H21Cl2N2O+. The number of anilines is 1. The van der Waals surface area contributed by atoms with E-state index in [-0.39, 0.29) is 11.9 Å². The minimum atomic E-state index is -0.218. The van der Waals surface area contributed by atoms with Gasteiger partial charge in [0.25, 0.3) is 5.91 Å². The van der Waals surface area contributed by atoms with Crippen LogP contribution in [0.15, 0.2) is 42.5 Å². The van der Waals surface area contributed by atoms with E-state index in [1.807, 2.05) is 26.1 Å². The van der Waals surface area contributed by atoms with Gasteiger partial charge in [0.1, 0.15) is 6.54 Å². The van der Waals surface area contributed by atoms with Gasteiger partial charge in [0.2, 0.25) is 0 Å². The maximum atomic E-state index is 12.5. The predicted molar refractivity (Wildman–Crippen MR) is 96.3 cm³/mol. The van der Waals surface area contributed by atoms with Crippen LogP contribution in [0.3, 0.4) is 0 Å². The number of carbonyl (C=O) groups excluding carboxylic acids is 1. The summed E-state index contributed by atoms with van der Waals surface area (Å²) in [5.74, 6) is -0.0831. The number of benzene rings is 2. The quantitative estimate of drug-likeness (QED) is 0.850. The molecule has 0 saturated carbocycles. The zero-order valence-corrected chi connectivity index (χ0v) is 15.0. The second kappa shape index (κ2) is 7.82. The molecule has 0 aliphatic carbocycles. The van der Waals surface area contributed by atoms with E-state index in [1.54, 1.807) is 18.2 Å². The third-order valence-corrected chi connectivity index (χ3v) is 4.61. The molecule has 0 heterocycles. The largest absolute Gasteiger partial charge is 0.324 e. The smallest absolute Gasteiger partial charge is 0.282 e. The first-order chi connectivity index (χ1) is 10.9. The lowest BCUT2D eigenvalue weighted by Gasteiger charge is -2.22. The molecule has 1 amide bonds. The van der Waals surface area contributed by atoms with E-state index >= 15 is 0 Å². The van der Waals surface area contributed by atoms with E-state index in [0.29, 0.717) is 15.7 Å². The van der Waals surface area contributed by atoms with Gasteiger partial charge >= 0.3 is 0 Å². The summed E-state index contributed by atoms with van der Waals surface area (Å²) in [4.78, 5) is 13.6. The molecule has 2 atom stereocenters. The normalized spacial score (nSPS) is 13.4. The monoisotopic (exact) mass is 351 g/mol. The zero-order valence-electron chi connectivity index (χ0n) is 13.5. The lowest BCUT2D eigenvalue weighted by molar-refractivity contribution is -0.907. The Balaban J connectivity index is 2.04. The molecule has 0 aliphatic rings. The molecule has 2 aromatic carbocycles. The maximum absolute atomic E-state index is 12.5. The summed E-state index contributed by atoms with van der Waals surface area (Å²) in [6.07, 6.45) is 0. The van der Waals surface area contributed by atoms with E-state index in [9.17, 15) is 4.79 Å². The van der Waals surface area contributed by atoms with Crippen LogP contribution in [-0.2, 0) is 11.3 Å². The molecule has 0 aromatic heterocycles. The minimum absolute atomic E-state index is 0.0831. The van der Waals surface area contributed by atoms with Crippen LogP contribution in [0.1, 0.15) is 18.1 Å². The highest BCUT2D eigenvalue weighted by atomic mass is 35.5. The van der Waals surface area contributed by atoms with Crippen LogP contribution in [-0.4, -0.2) is 19.0 Å². The van der Waals surface area contributed by atoms with Crippen molar-refractivity contribution in [3.05, 3.63) is 63.6 Å². The fraction of sp³-hybridized carbons (Fsp3) is 0.278. The lowest BCUT2D eigenvalue weighted by atomic mass is 10.1. The van der Waals surface area contributed by atoms with Crippen molar-refractivity contribution in [1.82, 2.24) is 0 Å². The molecule has 0 spiro atoms. The Kier molecular flexibility index (Phi) is 6.05. The van der Waals surface area contributed by atoms with Crippen LogP contribution in [0.4, 0.5) is 5.69 Å². The second-order valence-electron chi connectivity index (χ2n) is 5.78. The van der Waals surface area contributed by atoms with Crippen molar-refractivity contribution in [1.29, 1.82) is 0 Å². The number of halogens is 2. The molecule has 2 rings (SSSR count). The van der Waals surface area contributed by atoms with Crippen LogP contribution in [0.5, 0.6) is 0 Å². The minimum Gasteiger partial charge on any atom is -0.324 e. The molecule has 0 bridgehead atoms. The van der Waals surface area contributed by atoms with Gasteiger partial charge in [-0.25, -0.2) is 0 Å². The van der Waals surface area contributed by atoms with Gasteiger partial charge in [0.05, 0.1) is 17.8 Å². The van der Waals surface area contributed by atoms with Gasteiger partial charge in [-0.3, -0.25) is 4.79 Å². The summed E-state index contributed by atoms with van der Waals surface area (Å²) in [7, 11) is 2.01. The number of hydrogen-bond acceptors (Lipinski definition) is 1. The third-order valence-electron chi connectivity index (χ3n) is 4.05. The molecule has 1 unspecified atom stereocenters. The second-order valence-corrected chi connectivity index (χ2v) is 6.63. The van der Waals surface area contributed by atoms with Gasteiger partial charge in [0.15, 0.2) is 6.04 Å². The fourth-order valence-corrected chi connectivity index (χ4v) is 2.66. The number of hydrogen-bond donors (Lipinski definition) is 2. The Labute approximate surface area is 147 Å². The van der Waals surface area contributed by atoms with Crippen LogP contribution < -0.4 is 10.2 Å². The third kappa shape index (κ3) is 4.71. The molecule has 0 saturated heterocycles. The van der Waals surface area contributed by atoms with Crippen LogP contribution in [0, 0.1) is 6.92 Å². The maximum Gasteiger partial charge on any atom is 0.282 e. The highest BCUT2D eigenvalue weighted by Gasteiger charge is 2.23. The number of likely N-dealkylation sites (N-methyl/N-ethyl adjacent to an activating group) is 1. The van der Waals surface area contributed by atoms with Crippen molar-refractivity contribution in [2.45, 2.75) is 26.4 Å². The van der Waals surface area contributed by atoms with Crippen LogP contribution in [0.25, 0.3) is 0 Å². The van der Waals surface area contributed by atoms with Gasteiger partial charge in [-0.05, 0) is 37.6 Å². The number of amides is 1. The first kappa shape index (κ1) is 17.8. The van der Waals surface area contributed by atoms with Gasteiger partial charge in [0, 0.05) is 10.6 Å². The molecular weight excluding hydrogens is 331 g/mol. The van der Waals surface area contributed by atoms with Gasteiger partial charge in [-0.2, -0.15) is 0 Å². The summed E-state index contributed by atoms with van der Waals surface area (Å²) in [5.41, 5.74) is 3.02. The van der Waals surface area contributed by atoms with Crippen molar-refractivity contribution in [2.75, 3.05) is 12.4 Å². The molecule has 3 nitrogen and oxygen atoms in total. The number of quaternary nitrogens is 1. The Morgan fingerprint density at radius 1 is 1.22 bits per heavy atom. The molecule has 0 radical (unpaired) electrons. The Bertz CT molecular complexity index is 703. The number of nitrogens with one attached hydrogen (secondary N) is 2. The van der Waals surface area contributed by atoms with E-state index in [4.69, 9.17) is 23.2 Å². The molecule has 2 aromatic rings. The Hall–Kier alpha value is -1.55. The molecule has 2 N–H and O–H groups in total. The summed E-state index contributed by atoms with van der Waals surface area (Å²) < 4.78 is 0. The Morgan fingerprint density at radius 2 is 1.91 bits per heavy atom. The molecule has 0 aliphatic heterocycles. The average molecular weight is 352 g/mol. The first-order valence-electron chi connectivity index (χ1n) is 7.51. The molecule has 23 heavy (non-hydrogen) atoms. The highest BCUT2D eigenvalue weighted by molar-refractivity contribution is 6.35. The summed E-state index contributed by atoms with van der Waals surface area (Å²) in [6, 6.07) is 13.0. The van der Waals surface area contributed by atoms with Gasteiger partial charge < -0.3 is 10.2 Å². The van der Waals surface area contributed by atoms with Crippen molar-refractivity contribution in [3.8, 4) is 0 Å². The average Bonchev–Trinajstić information content (AvgIpc) is 2.52.